The topological polar surface area (TPSA) is 66.1 Å². The molecule has 2 fully saturated rings. The second kappa shape index (κ2) is 7.06. The molecule has 1 aliphatic carbocycles. The number of likely N-dealkylation sites (tertiary alicyclic amines) is 1. The van der Waals surface area contributed by atoms with E-state index in [-0.39, 0.29) is 6.04 Å². The zero-order valence-electron chi connectivity index (χ0n) is 17.5. The lowest BCUT2D eigenvalue weighted by atomic mass is 9.71. The number of aromatic nitrogens is 3. The standard InChI is InChI=1S/C24H29N5O/c1-16-12-19-22(27-16)25-15-26-23(19)28-21-18-5-3-2-4-17(18)6-7-20(21)29-13-24(14-29)8-10-30-11-9-24/h2-5,12,15,20-21H,6-11,13-14H2,1H3,(H2,25,26,27,28)/t20-,21-/m0/s1. The van der Waals surface area contributed by atoms with Gasteiger partial charge in [0.25, 0.3) is 0 Å². The molecule has 3 aliphatic rings. The molecule has 30 heavy (non-hydrogen) atoms. The molecule has 1 spiro atoms. The SMILES string of the molecule is Cc1cc2c(N[C@H]3c4ccccc4CC[C@@H]3N3CC4(CCOCC4)C3)ncnc2[nH]1. The number of fused-ring (bicyclic) bond motifs is 2. The van der Waals surface area contributed by atoms with E-state index in [1.807, 2.05) is 0 Å². The first-order valence-electron chi connectivity index (χ1n) is 11.2. The summed E-state index contributed by atoms with van der Waals surface area (Å²) in [6.45, 7) is 6.31. The number of aromatic amines is 1. The summed E-state index contributed by atoms with van der Waals surface area (Å²) in [4.78, 5) is 15.1. The van der Waals surface area contributed by atoms with Crippen LogP contribution in [-0.2, 0) is 11.2 Å². The lowest BCUT2D eigenvalue weighted by Crippen LogP contribution is -2.63. The first kappa shape index (κ1) is 18.3. The lowest BCUT2D eigenvalue weighted by Gasteiger charge is -2.57. The number of hydrogen-bond acceptors (Lipinski definition) is 5. The number of hydrogen-bond donors (Lipinski definition) is 2. The second-order valence-electron chi connectivity index (χ2n) is 9.38. The van der Waals surface area contributed by atoms with E-state index < -0.39 is 0 Å². The Morgan fingerprint density at radius 3 is 2.87 bits per heavy atom. The largest absolute Gasteiger partial charge is 0.381 e. The van der Waals surface area contributed by atoms with Gasteiger partial charge in [-0.25, -0.2) is 9.97 Å². The van der Waals surface area contributed by atoms with Crippen molar-refractivity contribution in [2.75, 3.05) is 31.6 Å². The van der Waals surface area contributed by atoms with E-state index in [0.717, 1.165) is 42.2 Å². The molecular weight excluding hydrogens is 374 g/mol. The van der Waals surface area contributed by atoms with Gasteiger partial charge in [0.05, 0.1) is 11.4 Å². The number of aryl methyl sites for hydroxylation is 2. The molecule has 6 heteroatoms. The van der Waals surface area contributed by atoms with Gasteiger partial charge in [-0.2, -0.15) is 0 Å². The molecule has 0 saturated carbocycles. The number of nitrogens with zero attached hydrogens (tertiary/aromatic N) is 3. The summed E-state index contributed by atoms with van der Waals surface area (Å²) in [5.41, 5.74) is 5.37. The molecule has 0 bridgehead atoms. The van der Waals surface area contributed by atoms with Crippen LogP contribution in [0.2, 0.25) is 0 Å². The number of benzene rings is 1. The van der Waals surface area contributed by atoms with Gasteiger partial charge in [-0.1, -0.05) is 24.3 Å². The maximum atomic E-state index is 5.62. The Morgan fingerprint density at radius 1 is 1.17 bits per heavy atom. The van der Waals surface area contributed by atoms with E-state index in [1.54, 1.807) is 6.33 Å². The number of H-pyrrole nitrogens is 1. The fraction of sp³-hybridized carbons (Fsp3) is 0.500. The molecule has 2 N–H and O–H groups in total. The lowest BCUT2D eigenvalue weighted by molar-refractivity contribution is -0.102. The maximum absolute atomic E-state index is 5.62. The third kappa shape index (κ3) is 3.01. The predicted molar refractivity (Wildman–Crippen MR) is 118 cm³/mol. The fourth-order valence-electron chi connectivity index (χ4n) is 5.81. The zero-order valence-corrected chi connectivity index (χ0v) is 17.5. The Labute approximate surface area is 177 Å². The highest BCUT2D eigenvalue weighted by Gasteiger charge is 2.48. The van der Waals surface area contributed by atoms with E-state index in [4.69, 9.17) is 4.74 Å². The van der Waals surface area contributed by atoms with Crippen LogP contribution >= 0.6 is 0 Å². The summed E-state index contributed by atoms with van der Waals surface area (Å²) in [7, 11) is 0. The van der Waals surface area contributed by atoms with Gasteiger partial charge in [0.2, 0.25) is 0 Å². The molecule has 0 unspecified atom stereocenters. The highest BCUT2D eigenvalue weighted by atomic mass is 16.5. The molecule has 156 valence electrons. The molecule has 0 amide bonds. The summed E-state index contributed by atoms with van der Waals surface area (Å²) in [6, 6.07) is 11.8. The Kier molecular flexibility index (Phi) is 4.32. The third-order valence-corrected chi connectivity index (χ3v) is 7.44. The molecule has 6 rings (SSSR count). The summed E-state index contributed by atoms with van der Waals surface area (Å²) in [6.07, 6.45) is 6.40. The molecule has 2 aromatic heterocycles. The predicted octanol–water partition coefficient (Wildman–Crippen LogP) is 3.85. The molecule has 3 aromatic rings. The van der Waals surface area contributed by atoms with Crippen LogP contribution in [0.25, 0.3) is 11.0 Å². The normalized spacial score (nSPS) is 25.8. The molecular formula is C24H29N5O. The first-order valence-corrected chi connectivity index (χ1v) is 11.2. The minimum absolute atomic E-state index is 0.237. The van der Waals surface area contributed by atoms with Crippen molar-refractivity contribution in [2.45, 2.75) is 44.7 Å². The summed E-state index contributed by atoms with van der Waals surface area (Å²) in [5, 5.41) is 4.92. The Morgan fingerprint density at radius 2 is 2.00 bits per heavy atom. The van der Waals surface area contributed by atoms with E-state index >= 15 is 0 Å². The quantitative estimate of drug-likeness (QED) is 0.695. The van der Waals surface area contributed by atoms with Crippen molar-refractivity contribution >= 4 is 16.9 Å². The van der Waals surface area contributed by atoms with Gasteiger partial charge in [-0.05, 0) is 49.8 Å². The van der Waals surface area contributed by atoms with Crippen molar-refractivity contribution in [1.29, 1.82) is 0 Å². The van der Waals surface area contributed by atoms with Gasteiger partial charge in [0.1, 0.15) is 17.8 Å². The Bertz CT molecular complexity index is 1060. The molecule has 2 atom stereocenters. The minimum atomic E-state index is 0.237. The third-order valence-electron chi connectivity index (χ3n) is 7.44. The smallest absolute Gasteiger partial charge is 0.143 e. The van der Waals surface area contributed by atoms with Crippen molar-refractivity contribution in [3.05, 3.63) is 53.5 Å². The maximum Gasteiger partial charge on any atom is 0.143 e. The van der Waals surface area contributed by atoms with E-state index in [9.17, 15) is 0 Å². The van der Waals surface area contributed by atoms with E-state index in [2.05, 4.69) is 62.4 Å². The summed E-state index contributed by atoms with van der Waals surface area (Å²) < 4.78 is 5.62. The molecule has 2 saturated heterocycles. The van der Waals surface area contributed by atoms with Crippen LogP contribution in [0, 0.1) is 12.3 Å². The van der Waals surface area contributed by atoms with E-state index in [0.29, 0.717) is 11.5 Å². The van der Waals surface area contributed by atoms with Crippen LogP contribution in [0.3, 0.4) is 0 Å². The summed E-state index contributed by atoms with van der Waals surface area (Å²) in [5.74, 6) is 0.928. The number of nitrogens with one attached hydrogen (secondary N) is 2. The Hall–Kier alpha value is -2.44. The van der Waals surface area contributed by atoms with Crippen LogP contribution < -0.4 is 5.32 Å². The fourth-order valence-corrected chi connectivity index (χ4v) is 5.81. The van der Waals surface area contributed by atoms with Crippen molar-refractivity contribution in [3.8, 4) is 0 Å². The van der Waals surface area contributed by atoms with Crippen molar-refractivity contribution in [2.24, 2.45) is 5.41 Å². The molecule has 4 heterocycles. The van der Waals surface area contributed by atoms with Crippen LogP contribution in [0.5, 0.6) is 0 Å². The number of rotatable bonds is 3. The van der Waals surface area contributed by atoms with Crippen LogP contribution in [0.1, 0.15) is 42.1 Å². The van der Waals surface area contributed by atoms with Crippen LogP contribution in [-0.4, -0.2) is 52.2 Å². The number of anilines is 1. The molecule has 1 aromatic carbocycles. The highest BCUT2D eigenvalue weighted by molar-refractivity contribution is 5.87. The second-order valence-corrected chi connectivity index (χ2v) is 9.38. The number of ether oxygens (including phenoxy) is 1. The molecule has 2 aliphatic heterocycles. The van der Waals surface area contributed by atoms with Crippen LogP contribution in [0.15, 0.2) is 36.7 Å². The van der Waals surface area contributed by atoms with Crippen LogP contribution in [0.4, 0.5) is 5.82 Å². The van der Waals surface area contributed by atoms with Crippen molar-refractivity contribution in [3.63, 3.8) is 0 Å². The van der Waals surface area contributed by atoms with Gasteiger partial charge >= 0.3 is 0 Å². The van der Waals surface area contributed by atoms with Crippen molar-refractivity contribution in [1.82, 2.24) is 19.9 Å². The minimum Gasteiger partial charge on any atom is -0.381 e. The van der Waals surface area contributed by atoms with Crippen molar-refractivity contribution < 1.29 is 4.74 Å². The van der Waals surface area contributed by atoms with Gasteiger partial charge in [-0.15, -0.1) is 0 Å². The highest BCUT2D eigenvalue weighted by Crippen LogP contribution is 2.45. The molecule has 0 radical (unpaired) electrons. The van der Waals surface area contributed by atoms with Gasteiger partial charge < -0.3 is 15.0 Å². The van der Waals surface area contributed by atoms with Gasteiger partial charge in [-0.3, -0.25) is 4.90 Å². The monoisotopic (exact) mass is 403 g/mol. The first-order chi connectivity index (χ1) is 14.7. The van der Waals surface area contributed by atoms with E-state index in [1.165, 1.54) is 43.5 Å². The zero-order chi connectivity index (χ0) is 20.1. The summed E-state index contributed by atoms with van der Waals surface area (Å²) >= 11 is 0. The molecule has 6 nitrogen and oxygen atoms in total. The van der Waals surface area contributed by atoms with Gasteiger partial charge in [0.15, 0.2) is 0 Å². The average Bonchev–Trinajstić information content (AvgIpc) is 3.14. The van der Waals surface area contributed by atoms with Gasteiger partial charge in [0, 0.05) is 43.5 Å². The Balaban J connectivity index is 1.32. The average molecular weight is 404 g/mol.